The van der Waals surface area contributed by atoms with Crippen LogP contribution in [0.25, 0.3) is 20.9 Å². The number of anilines is 1. The summed E-state index contributed by atoms with van der Waals surface area (Å²) in [7, 11) is 0. The van der Waals surface area contributed by atoms with Crippen LogP contribution in [0.15, 0.2) is 29.1 Å². The van der Waals surface area contributed by atoms with E-state index in [-0.39, 0.29) is 23.7 Å². The highest BCUT2D eigenvalue weighted by Crippen LogP contribution is 2.26. The minimum atomic E-state index is -0.308. The van der Waals surface area contributed by atoms with Crippen molar-refractivity contribution in [1.29, 1.82) is 0 Å². The van der Waals surface area contributed by atoms with Gasteiger partial charge in [0.25, 0.3) is 0 Å². The largest absolute Gasteiger partial charge is 0.396 e. The molecule has 2 aromatic heterocycles. The summed E-state index contributed by atoms with van der Waals surface area (Å²) in [6.45, 7) is 20.9. The van der Waals surface area contributed by atoms with E-state index in [1.54, 1.807) is 31.2 Å². The smallest absolute Gasteiger partial charge is 0.343 e. The predicted molar refractivity (Wildman–Crippen MR) is 124 cm³/mol. The Morgan fingerprint density at radius 3 is 2.59 bits per heavy atom. The molecule has 0 saturated carbocycles. The van der Waals surface area contributed by atoms with Gasteiger partial charge in [0, 0.05) is 13.1 Å². The third kappa shape index (κ3) is 3.94. The third-order valence-electron chi connectivity index (χ3n) is 5.68. The van der Waals surface area contributed by atoms with Gasteiger partial charge >= 0.3 is 11.5 Å². The van der Waals surface area contributed by atoms with E-state index in [0.29, 0.717) is 29.6 Å². The summed E-state index contributed by atoms with van der Waals surface area (Å²) in [5.41, 5.74) is 1.68. The molecule has 8 heteroatoms. The summed E-state index contributed by atoms with van der Waals surface area (Å²) >= 11 is 0. The van der Waals surface area contributed by atoms with Crippen LogP contribution in [0.1, 0.15) is 32.3 Å². The summed E-state index contributed by atoms with van der Waals surface area (Å²) < 4.78 is 3.22. The average Bonchev–Trinajstić information content (AvgIpc) is 3.18. The molecule has 0 spiro atoms. The van der Waals surface area contributed by atoms with Crippen molar-refractivity contribution < 1.29 is 0 Å². The van der Waals surface area contributed by atoms with Crippen LogP contribution in [-0.2, 0) is 13.1 Å². The Morgan fingerprint density at radius 2 is 1.94 bits per heavy atom. The maximum atomic E-state index is 13.6. The van der Waals surface area contributed by atoms with Gasteiger partial charge in [0.1, 0.15) is 0 Å². The third-order valence-corrected chi connectivity index (χ3v) is 5.68. The number of nitrogens with zero attached hydrogens (tertiary/aromatic N) is 7. The van der Waals surface area contributed by atoms with Gasteiger partial charge < -0.3 is 9.74 Å². The quantitative estimate of drug-likeness (QED) is 0.468. The van der Waals surface area contributed by atoms with Gasteiger partial charge in [-0.25, -0.2) is 9.64 Å². The van der Waals surface area contributed by atoms with Crippen molar-refractivity contribution in [3.05, 3.63) is 63.0 Å². The summed E-state index contributed by atoms with van der Waals surface area (Å²) in [6, 6.07) is 6.98. The van der Waals surface area contributed by atoms with Crippen LogP contribution in [0.5, 0.6) is 0 Å². The fourth-order valence-corrected chi connectivity index (χ4v) is 4.10. The summed E-state index contributed by atoms with van der Waals surface area (Å²) in [5.74, 6) is 7.18. The number of benzene rings is 1. The number of fused-ring (bicyclic) bond motifs is 1. The topological polar surface area (TPSA) is 64.7 Å². The van der Waals surface area contributed by atoms with E-state index < -0.39 is 0 Å². The highest BCUT2D eigenvalue weighted by Gasteiger charge is 2.27. The van der Waals surface area contributed by atoms with Gasteiger partial charge in [-0.05, 0) is 31.2 Å². The molecule has 3 heterocycles. The van der Waals surface area contributed by atoms with Crippen LogP contribution in [0.3, 0.4) is 0 Å². The minimum Gasteiger partial charge on any atom is -0.396 e. The number of imidazole rings is 1. The molecule has 4 rings (SSSR count). The fourth-order valence-electron chi connectivity index (χ4n) is 4.10. The Balaban J connectivity index is 1.87. The maximum Gasteiger partial charge on any atom is 0.343 e. The van der Waals surface area contributed by atoms with Crippen LogP contribution in [0, 0.1) is 30.9 Å². The molecule has 1 aromatic carbocycles. The Bertz CT molecular complexity index is 1360. The molecule has 32 heavy (non-hydrogen) atoms. The van der Waals surface area contributed by atoms with Gasteiger partial charge in [-0.1, -0.05) is 37.1 Å². The molecule has 0 bridgehead atoms. The summed E-state index contributed by atoms with van der Waals surface area (Å²) in [4.78, 5) is 31.8. The Labute approximate surface area is 186 Å². The standard InChI is InChI=1S/C24H23N7O/c1-5-6-14-30-20-21(28-24(30)29-13-7-8-17(2)15-29)27-23(26-4)31(22(20)32)16-18-9-11-19(25-3)12-10-18/h9-12,17H,7-8,13-16H2,1-2H3. The van der Waals surface area contributed by atoms with Crippen LogP contribution in [0.4, 0.5) is 17.6 Å². The number of aromatic nitrogens is 4. The zero-order chi connectivity index (χ0) is 22.7. The zero-order valence-corrected chi connectivity index (χ0v) is 18.2. The first-order valence-electron chi connectivity index (χ1n) is 10.5. The summed E-state index contributed by atoms with van der Waals surface area (Å²) in [5, 5.41) is 0. The first kappa shape index (κ1) is 21.2. The molecule has 1 aliphatic heterocycles. The lowest BCUT2D eigenvalue weighted by Gasteiger charge is -2.31. The maximum absolute atomic E-state index is 13.6. The molecule has 1 fully saturated rings. The van der Waals surface area contributed by atoms with E-state index >= 15 is 0 Å². The Morgan fingerprint density at radius 1 is 1.16 bits per heavy atom. The predicted octanol–water partition coefficient (Wildman–Crippen LogP) is 4.00. The Kier molecular flexibility index (Phi) is 5.92. The molecule has 160 valence electrons. The SMILES string of the molecule is [C-]#[N+]c1ccc(Cn2c([N+]#[C-])nc3nc(N4CCCC(C)C4)n(CC#CC)c3c2=O)cc1. The first-order valence-corrected chi connectivity index (χ1v) is 10.5. The second-order valence-corrected chi connectivity index (χ2v) is 7.98. The molecule has 0 aliphatic carbocycles. The molecular formula is C24H23N7O. The zero-order valence-electron chi connectivity index (χ0n) is 18.2. The normalized spacial score (nSPS) is 15.6. The second-order valence-electron chi connectivity index (χ2n) is 7.98. The van der Waals surface area contributed by atoms with E-state index in [1.807, 2.05) is 4.57 Å². The lowest BCUT2D eigenvalue weighted by molar-refractivity contribution is 0.439. The van der Waals surface area contributed by atoms with E-state index in [1.165, 1.54) is 11.0 Å². The van der Waals surface area contributed by atoms with Crippen LogP contribution >= 0.6 is 0 Å². The molecule has 0 radical (unpaired) electrons. The van der Waals surface area contributed by atoms with Crippen molar-refractivity contribution in [3.63, 3.8) is 0 Å². The number of rotatable bonds is 4. The lowest BCUT2D eigenvalue weighted by atomic mass is 10.0. The van der Waals surface area contributed by atoms with Crippen molar-refractivity contribution in [1.82, 2.24) is 19.1 Å². The highest BCUT2D eigenvalue weighted by molar-refractivity contribution is 5.76. The van der Waals surface area contributed by atoms with Crippen molar-refractivity contribution in [3.8, 4) is 11.8 Å². The van der Waals surface area contributed by atoms with Crippen molar-refractivity contribution in [2.45, 2.75) is 39.8 Å². The minimum absolute atomic E-state index is 0.00143. The molecule has 1 aliphatic rings. The number of piperidine rings is 1. The van der Waals surface area contributed by atoms with E-state index in [2.05, 4.69) is 43.3 Å². The highest BCUT2D eigenvalue weighted by atomic mass is 16.1. The Hall–Kier alpha value is -4.09. The van der Waals surface area contributed by atoms with E-state index in [0.717, 1.165) is 25.1 Å². The molecular weight excluding hydrogens is 402 g/mol. The van der Waals surface area contributed by atoms with Crippen LogP contribution in [0.2, 0.25) is 0 Å². The van der Waals surface area contributed by atoms with Gasteiger partial charge in [-0.3, -0.25) is 9.13 Å². The van der Waals surface area contributed by atoms with Crippen molar-refractivity contribution >= 4 is 28.7 Å². The molecule has 0 amide bonds. The molecule has 0 N–H and O–H groups in total. The molecule has 1 saturated heterocycles. The van der Waals surface area contributed by atoms with Gasteiger partial charge in [0.2, 0.25) is 11.6 Å². The first-order chi connectivity index (χ1) is 15.5. The van der Waals surface area contributed by atoms with Crippen molar-refractivity contribution in [2.24, 2.45) is 5.92 Å². The average molecular weight is 425 g/mol. The number of hydrogen-bond donors (Lipinski definition) is 0. The van der Waals surface area contributed by atoms with Gasteiger partial charge in [-0.15, -0.1) is 17.5 Å². The fraction of sp³-hybridized carbons (Fsp3) is 0.375. The molecule has 8 nitrogen and oxygen atoms in total. The molecule has 3 aromatic rings. The van der Waals surface area contributed by atoms with Crippen molar-refractivity contribution in [2.75, 3.05) is 18.0 Å². The van der Waals surface area contributed by atoms with E-state index in [9.17, 15) is 4.79 Å². The van der Waals surface area contributed by atoms with Crippen LogP contribution < -0.4 is 10.5 Å². The van der Waals surface area contributed by atoms with E-state index in [4.69, 9.17) is 13.1 Å². The summed E-state index contributed by atoms with van der Waals surface area (Å²) in [6.07, 6.45) is 2.24. The van der Waals surface area contributed by atoms with Gasteiger partial charge in [-0.2, -0.15) is 4.98 Å². The lowest BCUT2D eigenvalue weighted by Crippen LogP contribution is -2.36. The van der Waals surface area contributed by atoms with Gasteiger partial charge in [0.05, 0.1) is 19.7 Å². The monoisotopic (exact) mass is 425 g/mol. The number of hydrogen-bond acceptors (Lipinski definition) is 4. The molecule has 1 atom stereocenters. The molecule has 1 unspecified atom stereocenters. The van der Waals surface area contributed by atoms with Gasteiger partial charge in [0.15, 0.2) is 11.2 Å². The van der Waals surface area contributed by atoms with Crippen LogP contribution in [-0.4, -0.2) is 32.2 Å². The second kappa shape index (κ2) is 8.96.